The summed E-state index contributed by atoms with van der Waals surface area (Å²) >= 11 is 3.08. The molecule has 1 aromatic carbocycles. The SMILES string of the molecule is O=C(CCC1CCNCC1)Nc1ccc(Br)c(F)c1. The van der Waals surface area contributed by atoms with Crippen LogP contribution in [0.15, 0.2) is 22.7 Å². The summed E-state index contributed by atoms with van der Waals surface area (Å²) < 4.78 is 13.7. The molecule has 5 heteroatoms. The maximum absolute atomic E-state index is 13.3. The zero-order valence-corrected chi connectivity index (χ0v) is 12.3. The van der Waals surface area contributed by atoms with E-state index in [2.05, 4.69) is 26.6 Å². The molecule has 0 saturated carbocycles. The Morgan fingerprint density at radius 3 is 2.84 bits per heavy atom. The van der Waals surface area contributed by atoms with Gasteiger partial charge < -0.3 is 10.6 Å². The van der Waals surface area contributed by atoms with Crippen LogP contribution in [0.25, 0.3) is 0 Å². The van der Waals surface area contributed by atoms with Gasteiger partial charge in [0, 0.05) is 12.1 Å². The van der Waals surface area contributed by atoms with Gasteiger partial charge >= 0.3 is 0 Å². The zero-order chi connectivity index (χ0) is 13.7. The predicted octanol–water partition coefficient (Wildman–Crippen LogP) is 3.31. The molecule has 2 rings (SSSR count). The van der Waals surface area contributed by atoms with Crippen molar-refractivity contribution in [2.45, 2.75) is 25.7 Å². The van der Waals surface area contributed by atoms with Crippen molar-refractivity contribution in [3.05, 3.63) is 28.5 Å². The lowest BCUT2D eigenvalue weighted by Gasteiger charge is -2.22. The molecule has 1 fully saturated rings. The third-order valence-electron chi connectivity index (χ3n) is 3.44. The monoisotopic (exact) mass is 328 g/mol. The van der Waals surface area contributed by atoms with E-state index in [1.165, 1.54) is 6.07 Å². The highest BCUT2D eigenvalue weighted by Gasteiger charge is 2.14. The summed E-state index contributed by atoms with van der Waals surface area (Å²) in [5.41, 5.74) is 0.510. The molecular formula is C14H18BrFN2O. The molecule has 0 radical (unpaired) electrons. The van der Waals surface area contributed by atoms with Gasteiger partial charge in [-0.05, 0) is 72.4 Å². The number of carbonyl (C=O) groups is 1. The Balaban J connectivity index is 1.78. The Kier molecular flexibility index (Phi) is 5.34. The van der Waals surface area contributed by atoms with E-state index in [0.29, 0.717) is 22.5 Å². The molecular weight excluding hydrogens is 311 g/mol. The van der Waals surface area contributed by atoms with Crippen molar-refractivity contribution in [1.82, 2.24) is 5.32 Å². The minimum atomic E-state index is -0.365. The first-order valence-electron chi connectivity index (χ1n) is 6.61. The molecule has 1 aliphatic rings. The summed E-state index contributed by atoms with van der Waals surface area (Å²) in [5, 5.41) is 6.04. The molecule has 1 heterocycles. The Hall–Kier alpha value is -0.940. The van der Waals surface area contributed by atoms with Crippen molar-refractivity contribution in [2.75, 3.05) is 18.4 Å². The van der Waals surface area contributed by atoms with Crippen molar-refractivity contribution in [3.8, 4) is 0 Å². The van der Waals surface area contributed by atoms with E-state index in [1.54, 1.807) is 12.1 Å². The molecule has 0 atom stereocenters. The van der Waals surface area contributed by atoms with Crippen LogP contribution in [-0.2, 0) is 4.79 Å². The van der Waals surface area contributed by atoms with Gasteiger partial charge in [0.2, 0.25) is 5.91 Å². The largest absolute Gasteiger partial charge is 0.326 e. The summed E-state index contributed by atoms with van der Waals surface area (Å²) in [6.07, 6.45) is 3.69. The van der Waals surface area contributed by atoms with Gasteiger partial charge in [-0.25, -0.2) is 4.39 Å². The first-order chi connectivity index (χ1) is 9.15. The Labute approximate surface area is 121 Å². The number of hydrogen-bond donors (Lipinski definition) is 2. The number of benzene rings is 1. The third kappa shape index (κ3) is 4.58. The fraction of sp³-hybridized carbons (Fsp3) is 0.500. The van der Waals surface area contributed by atoms with E-state index >= 15 is 0 Å². The predicted molar refractivity (Wildman–Crippen MR) is 77.6 cm³/mol. The molecule has 0 bridgehead atoms. The molecule has 0 aromatic heterocycles. The lowest BCUT2D eigenvalue weighted by molar-refractivity contribution is -0.116. The lowest BCUT2D eigenvalue weighted by Crippen LogP contribution is -2.28. The number of rotatable bonds is 4. The van der Waals surface area contributed by atoms with Crippen molar-refractivity contribution in [2.24, 2.45) is 5.92 Å². The van der Waals surface area contributed by atoms with Crippen LogP contribution in [0.5, 0.6) is 0 Å². The second kappa shape index (κ2) is 7.01. The Morgan fingerprint density at radius 2 is 2.16 bits per heavy atom. The van der Waals surface area contributed by atoms with Gasteiger partial charge in [0.15, 0.2) is 0 Å². The van der Waals surface area contributed by atoms with Gasteiger partial charge in [0.25, 0.3) is 0 Å². The topological polar surface area (TPSA) is 41.1 Å². The number of anilines is 1. The van der Waals surface area contributed by atoms with Crippen LogP contribution in [0.2, 0.25) is 0 Å². The Bertz CT molecular complexity index is 447. The minimum absolute atomic E-state index is 0.0414. The number of piperidine rings is 1. The van der Waals surface area contributed by atoms with Crippen LogP contribution in [0.1, 0.15) is 25.7 Å². The summed E-state index contributed by atoms with van der Waals surface area (Å²) in [6, 6.07) is 4.61. The van der Waals surface area contributed by atoms with Crippen LogP contribution in [-0.4, -0.2) is 19.0 Å². The van der Waals surface area contributed by atoms with Crippen molar-refractivity contribution < 1.29 is 9.18 Å². The number of nitrogens with one attached hydrogen (secondary N) is 2. The first-order valence-corrected chi connectivity index (χ1v) is 7.40. The normalized spacial score (nSPS) is 16.3. The highest BCUT2D eigenvalue weighted by Crippen LogP contribution is 2.21. The molecule has 2 N–H and O–H groups in total. The second-order valence-corrected chi connectivity index (χ2v) is 5.76. The van der Waals surface area contributed by atoms with Crippen LogP contribution in [0.4, 0.5) is 10.1 Å². The molecule has 0 unspecified atom stereocenters. The molecule has 1 aromatic rings. The van der Waals surface area contributed by atoms with Crippen LogP contribution in [0.3, 0.4) is 0 Å². The van der Waals surface area contributed by atoms with Crippen LogP contribution < -0.4 is 10.6 Å². The number of halogens is 2. The van der Waals surface area contributed by atoms with Gasteiger partial charge in [-0.3, -0.25) is 4.79 Å². The minimum Gasteiger partial charge on any atom is -0.326 e. The van der Waals surface area contributed by atoms with E-state index < -0.39 is 0 Å². The van der Waals surface area contributed by atoms with E-state index in [-0.39, 0.29) is 11.7 Å². The highest BCUT2D eigenvalue weighted by molar-refractivity contribution is 9.10. The fourth-order valence-corrected chi connectivity index (χ4v) is 2.55. The molecule has 0 spiro atoms. The standard InChI is InChI=1S/C14H18BrFN2O/c15-12-3-2-11(9-13(12)16)18-14(19)4-1-10-5-7-17-8-6-10/h2-3,9-10,17H,1,4-8H2,(H,18,19). The Morgan fingerprint density at radius 1 is 1.42 bits per heavy atom. The van der Waals surface area contributed by atoms with E-state index in [9.17, 15) is 9.18 Å². The van der Waals surface area contributed by atoms with E-state index in [1.807, 2.05) is 0 Å². The smallest absolute Gasteiger partial charge is 0.224 e. The fourth-order valence-electron chi connectivity index (χ4n) is 2.30. The van der Waals surface area contributed by atoms with Gasteiger partial charge in [0.1, 0.15) is 5.82 Å². The van der Waals surface area contributed by atoms with Gasteiger partial charge in [-0.1, -0.05) is 0 Å². The maximum Gasteiger partial charge on any atom is 0.224 e. The van der Waals surface area contributed by atoms with Crippen molar-refractivity contribution >= 4 is 27.5 Å². The number of hydrogen-bond acceptors (Lipinski definition) is 2. The van der Waals surface area contributed by atoms with Crippen molar-refractivity contribution in [1.29, 1.82) is 0 Å². The van der Waals surface area contributed by atoms with Gasteiger partial charge in [0.05, 0.1) is 4.47 Å². The van der Waals surface area contributed by atoms with E-state index in [4.69, 9.17) is 0 Å². The third-order valence-corrected chi connectivity index (χ3v) is 4.08. The summed E-state index contributed by atoms with van der Waals surface area (Å²) in [5.74, 6) is 0.227. The molecule has 19 heavy (non-hydrogen) atoms. The highest BCUT2D eigenvalue weighted by atomic mass is 79.9. The zero-order valence-electron chi connectivity index (χ0n) is 10.7. The molecule has 1 amide bonds. The first kappa shape index (κ1) is 14.5. The molecule has 1 aliphatic heterocycles. The number of carbonyl (C=O) groups excluding carboxylic acids is 1. The average molecular weight is 329 g/mol. The summed E-state index contributed by atoms with van der Waals surface area (Å²) in [7, 11) is 0. The molecule has 1 saturated heterocycles. The maximum atomic E-state index is 13.3. The summed E-state index contributed by atoms with van der Waals surface area (Å²) in [4.78, 5) is 11.8. The second-order valence-electron chi connectivity index (χ2n) is 4.91. The van der Waals surface area contributed by atoms with Gasteiger partial charge in [-0.15, -0.1) is 0 Å². The molecule has 0 aliphatic carbocycles. The number of amides is 1. The van der Waals surface area contributed by atoms with E-state index in [0.717, 1.165) is 32.4 Å². The van der Waals surface area contributed by atoms with Gasteiger partial charge in [-0.2, -0.15) is 0 Å². The molecule has 104 valence electrons. The average Bonchev–Trinajstić information content (AvgIpc) is 2.42. The summed E-state index contributed by atoms with van der Waals surface area (Å²) in [6.45, 7) is 2.09. The van der Waals surface area contributed by atoms with Crippen LogP contribution in [0, 0.1) is 11.7 Å². The van der Waals surface area contributed by atoms with Crippen LogP contribution >= 0.6 is 15.9 Å². The lowest BCUT2D eigenvalue weighted by atomic mass is 9.93. The quantitative estimate of drug-likeness (QED) is 0.890. The van der Waals surface area contributed by atoms with Crippen molar-refractivity contribution in [3.63, 3.8) is 0 Å². The molecule has 3 nitrogen and oxygen atoms in total.